The van der Waals surface area contributed by atoms with Crippen molar-refractivity contribution in [3.05, 3.63) is 75.7 Å². The molecule has 1 N–H and O–H groups in total. The number of benzene rings is 2. The standard InChI is InChI=1S/C30H35N5O4.CH4/c1-20-16-26-24(28-25(29(36)32-26)18-31-35(28)22-8-13-39-14-9-22)17-23(20)30(37)34-11-10-33(12-15-38-2)27(19-34)21-6-4-3-5-7-21;/h3-7,16-18,22,27H,8-15,19H2,1-2H3,(H,32,36);1H4/t27-;/m1./s1. The Morgan fingerprint density at radius 2 is 1.90 bits per heavy atom. The molecule has 1 atom stereocenters. The van der Waals surface area contributed by atoms with Gasteiger partial charge in [-0.3, -0.25) is 19.2 Å². The third-order valence-electron chi connectivity index (χ3n) is 8.22. The number of hydrogen-bond donors (Lipinski definition) is 1. The fraction of sp³-hybridized carbons (Fsp3) is 0.452. The van der Waals surface area contributed by atoms with E-state index in [4.69, 9.17) is 9.47 Å². The maximum atomic E-state index is 14.1. The number of carbonyl (C=O) groups is 1. The summed E-state index contributed by atoms with van der Waals surface area (Å²) in [6, 6.07) is 14.5. The second-order valence-corrected chi connectivity index (χ2v) is 10.6. The number of carbonyl (C=O) groups excluding carboxylic acids is 1. The first-order chi connectivity index (χ1) is 19.0. The number of aryl methyl sites for hydroxylation is 1. The molecule has 2 aromatic carbocycles. The second-order valence-electron chi connectivity index (χ2n) is 10.6. The number of aromatic nitrogens is 3. The molecule has 212 valence electrons. The van der Waals surface area contributed by atoms with E-state index in [0.29, 0.717) is 43.9 Å². The van der Waals surface area contributed by atoms with E-state index in [1.165, 1.54) is 5.56 Å². The largest absolute Gasteiger partial charge is 0.383 e. The summed E-state index contributed by atoms with van der Waals surface area (Å²) in [5, 5.41) is 6.02. The summed E-state index contributed by atoms with van der Waals surface area (Å²) in [6.45, 7) is 6.77. The molecule has 4 heterocycles. The highest BCUT2D eigenvalue weighted by Gasteiger charge is 2.32. The maximum Gasteiger partial charge on any atom is 0.259 e. The number of aromatic amines is 1. The van der Waals surface area contributed by atoms with Crippen LogP contribution in [0.1, 0.15) is 53.8 Å². The van der Waals surface area contributed by atoms with Crippen LogP contribution in [0.25, 0.3) is 21.8 Å². The van der Waals surface area contributed by atoms with Gasteiger partial charge in [-0.2, -0.15) is 5.10 Å². The van der Waals surface area contributed by atoms with E-state index in [-0.39, 0.29) is 31.0 Å². The van der Waals surface area contributed by atoms with Crippen molar-refractivity contribution in [2.24, 2.45) is 0 Å². The van der Waals surface area contributed by atoms with E-state index >= 15 is 0 Å². The molecule has 2 aliphatic rings. The number of ether oxygens (including phenoxy) is 2. The quantitative estimate of drug-likeness (QED) is 0.388. The molecule has 2 aliphatic heterocycles. The van der Waals surface area contributed by atoms with E-state index in [1.807, 2.05) is 46.8 Å². The van der Waals surface area contributed by atoms with Crippen LogP contribution >= 0.6 is 0 Å². The zero-order valence-electron chi connectivity index (χ0n) is 22.6. The van der Waals surface area contributed by atoms with Gasteiger partial charge in [0.15, 0.2) is 0 Å². The molecule has 6 rings (SSSR count). The van der Waals surface area contributed by atoms with Crippen molar-refractivity contribution in [3.8, 4) is 0 Å². The number of fused-ring (bicyclic) bond motifs is 3. The van der Waals surface area contributed by atoms with Crippen LogP contribution in [0.15, 0.2) is 53.5 Å². The van der Waals surface area contributed by atoms with Crippen LogP contribution in [0, 0.1) is 6.92 Å². The SMILES string of the molecule is C.COCCN1CCN(C(=O)c2cc3c(cc2C)[nH]c(=O)c2cnn(C4CCOCC4)c23)C[C@@H]1c1ccccc1. The Kier molecular flexibility index (Phi) is 8.35. The number of piperazine rings is 1. The van der Waals surface area contributed by atoms with Gasteiger partial charge in [0, 0.05) is 57.5 Å². The average Bonchev–Trinajstić information content (AvgIpc) is 3.43. The molecule has 9 nitrogen and oxygen atoms in total. The van der Waals surface area contributed by atoms with Gasteiger partial charge >= 0.3 is 0 Å². The number of pyridine rings is 1. The minimum Gasteiger partial charge on any atom is -0.383 e. The lowest BCUT2D eigenvalue weighted by molar-refractivity contribution is 0.0389. The molecule has 2 aromatic heterocycles. The van der Waals surface area contributed by atoms with Gasteiger partial charge in [0.2, 0.25) is 0 Å². The molecule has 1 amide bonds. The second kappa shape index (κ2) is 11.9. The molecule has 0 bridgehead atoms. The lowest BCUT2D eigenvalue weighted by atomic mass is 9.99. The normalized spacial score (nSPS) is 18.8. The Morgan fingerprint density at radius 3 is 2.65 bits per heavy atom. The highest BCUT2D eigenvalue weighted by atomic mass is 16.5. The van der Waals surface area contributed by atoms with Crippen molar-refractivity contribution in [1.82, 2.24) is 24.6 Å². The number of nitrogens with zero attached hydrogens (tertiary/aromatic N) is 4. The number of amides is 1. The van der Waals surface area contributed by atoms with Gasteiger partial charge in [0.25, 0.3) is 11.5 Å². The monoisotopic (exact) mass is 545 g/mol. The molecular weight excluding hydrogens is 506 g/mol. The van der Waals surface area contributed by atoms with E-state index in [2.05, 4.69) is 27.1 Å². The number of hydrogen-bond acceptors (Lipinski definition) is 6. The van der Waals surface area contributed by atoms with Gasteiger partial charge in [0.05, 0.1) is 41.3 Å². The molecule has 0 radical (unpaired) electrons. The van der Waals surface area contributed by atoms with Crippen molar-refractivity contribution in [3.63, 3.8) is 0 Å². The van der Waals surface area contributed by atoms with Gasteiger partial charge in [0.1, 0.15) is 0 Å². The van der Waals surface area contributed by atoms with Crippen molar-refractivity contribution in [2.45, 2.75) is 39.3 Å². The van der Waals surface area contributed by atoms with Crippen LogP contribution in [0.5, 0.6) is 0 Å². The zero-order valence-corrected chi connectivity index (χ0v) is 22.6. The summed E-state index contributed by atoms with van der Waals surface area (Å²) in [4.78, 5) is 34.4. The Balaban J connectivity index is 0.00000323. The number of rotatable bonds is 6. The zero-order chi connectivity index (χ0) is 26.9. The van der Waals surface area contributed by atoms with Crippen molar-refractivity contribution in [1.29, 1.82) is 0 Å². The van der Waals surface area contributed by atoms with Gasteiger partial charge in [-0.25, -0.2) is 0 Å². The number of H-pyrrole nitrogens is 1. The topological polar surface area (TPSA) is 92.7 Å². The molecule has 0 saturated carbocycles. The van der Waals surface area contributed by atoms with Crippen LogP contribution in [0.3, 0.4) is 0 Å². The minimum absolute atomic E-state index is 0. The number of nitrogens with one attached hydrogen (secondary N) is 1. The molecule has 2 fully saturated rings. The van der Waals surface area contributed by atoms with Crippen LogP contribution in [0.4, 0.5) is 0 Å². The Bertz CT molecular complexity index is 1540. The lowest BCUT2D eigenvalue weighted by Crippen LogP contribution is -2.51. The van der Waals surface area contributed by atoms with E-state index in [0.717, 1.165) is 47.9 Å². The highest BCUT2D eigenvalue weighted by molar-refractivity contribution is 6.07. The summed E-state index contributed by atoms with van der Waals surface area (Å²) in [6.07, 6.45) is 3.34. The Hall–Kier alpha value is -3.53. The van der Waals surface area contributed by atoms with Crippen LogP contribution in [-0.4, -0.2) is 83.6 Å². The van der Waals surface area contributed by atoms with E-state index in [1.54, 1.807) is 13.3 Å². The summed E-state index contributed by atoms with van der Waals surface area (Å²) in [5.41, 5.74) is 4.06. The average molecular weight is 546 g/mol. The van der Waals surface area contributed by atoms with Gasteiger partial charge < -0.3 is 19.4 Å². The molecule has 0 aliphatic carbocycles. The van der Waals surface area contributed by atoms with Gasteiger partial charge in [-0.1, -0.05) is 37.8 Å². The first kappa shape index (κ1) is 28.0. The predicted octanol–water partition coefficient (Wildman–Crippen LogP) is 4.32. The third kappa shape index (κ3) is 5.16. The first-order valence-corrected chi connectivity index (χ1v) is 13.7. The molecular formula is C31H39N5O4. The lowest BCUT2D eigenvalue weighted by Gasteiger charge is -2.41. The molecule has 2 saturated heterocycles. The fourth-order valence-electron chi connectivity index (χ4n) is 6.07. The Labute approximate surface area is 234 Å². The maximum absolute atomic E-state index is 14.1. The van der Waals surface area contributed by atoms with Crippen molar-refractivity contribution < 1.29 is 14.3 Å². The van der Waals surface area contributed by atoms with Gasteiger partial charge in [-0.05, 0) is 43.0 Å². The predicted molar refractivity (Wildman–Crippen MR) is 157 cm³/mol. The van der Waals surface area contributed by atoms with Crippen molar-refractivity contribution >= 4 is 27.7 Å². The fourth-order valence-corrected chi connectivity index (χ4v) is 6.07. The first-order valence-electron chi connectivity index (χ1n) is 13.7. The summed E-state index contributed by atoms with van der Waals surface area (Å²) >= 11 is 0. The highest BCUT2D eigenvalue weighted by Crippen LogP contribution is 2.31. The van der Waals surface area contributed by atoms with E-state index in [9.17, 15) is 9.59 Å². The molecule has 9 heteroatoms. The summed E-state index contributed by atoms with van der Waals surface area (Å²) in [5.74, 6) is 0.0122. The third-order valence-corrected chi connectivity index (χ3v) is 8.22. The molecule has 4 aromatic rings. The Morgan fingerprint density at radius 1 is 1.12 bits per heavy atom. The minimum atomic E-state index is -0.160. The van der Waals surface area contributed by atoms with Gasteiger partial charge in [-0.15, -0.1) is 0 Å². The van der Waals surface area contributed by atoms with E-state index < -0.39 is 0 Å². The smallest absolute Gasteiger partial charge is 0.259 e. The summed E-state index contributed by atoms with van der Waals surface area (Å²) in [7, 11) is 1.72. The summed E-state index contributed by atoms with van der Waals surface area (Å²) < 4.78 is 12.9. The van der Waals surface area contributed by atoms with Crippen LogP contribution in [-0.2, 0) is 9.47 Å². The number of methoxy groups -OCH3 is 1. The van der Waals surface area contributed by atoms with Crippen molar-refractivity contribution in [2.75, 3.05) is 53.1 Å². The molecule has 0 unspecified atom stereocenters. The van der Waals surface area contributed by atoms with Crippen LogP contribution < -0.4 is 5.56 Å². The molecule has 40 heavy (non-hydrogen) atoms. The van der Waals surface area contributed by atoms with Crippen LogP contribution in [0.2, 0.25) is 0 Å². The molecule has 0 spiro atoms.